The van der Waals surface area contributed by atoms with E-state index in [-0.39, 0.29) is 42.9 Å². The zero-order valence-corrected chi connectivity index (χ0v) is 26.4. The molecular weight excluding hydrogens is 650 g/mol. The van der Waals surface area contributed by atoms with Crippen molar-refractivity contribution in [2.45, 2.75) is 32.3 Å². The van der Waals surface area contributed by atoms with Gasteiger partial charge in [-0.1, -0.05) is 30.3 Å². The molecule has 1 saturated heterocycles. The molecule has 6 aromatic rings. The Labute approximate surface area is 283 Å². The van der Waals surface area contributed by atoms with Gasteiger partial charge in [-0.25, -0.2) is 28.2 Å². The SMILES string of the molecule is Cc1cc(C#N)nn1-c1nc(-n2cnc3cc(Nc4ccc(C5OCC(NC(=O)OCc6ccccc6)CO5)nn4)ccc32)ccc1C(F)F. The molecule has 7 rings (SSSR count). The van der Waals surface area contributed by atoms with E-state index in [4.69, 9.17) is 14.2 Å². The van der Waals surface area contributed by atoms with Crippen LogP contribution in [-0.4, -0.2) is 59.9 Å². The number of nitrogens with one attached hydrogen (secondary N) is 2. The fourth-order valence-electron chi connectivity index (χ4n) is 5.31. The Hall–Kier alpha value is -6.31. The van der Waals surface area contributed by atoms with Crippen LogP contribution < -0.4 is 10.6 Å². The van der Waals surface area contributed by atoms with Crippen molar-refractivity contribution in [2.24, 2.45) is 0 Å². The lowest BCUT2D eigenvalue weighted by Gasteiger charge is -2.29. The fraction of sp³-hybridized carbons (Fsp3) is 0.206. The van der Waals surface area contributed by atoms with Gasteiger partial charge in [-0.15, -0.1) is 10.2 Å². The van der Waals surface area contributed by atoms with E-state index in [0.29, 0.717) is 39.7 Å². The van der Waals surface area contributed by atoms with Crippen LogP contribution in [0.2, 0.25) is 0 Å². The number of ether oxygens (including phenoxy) is 3. The average molecular weight is 679 g/mol. The molecule has 252 valence electrons. The molecule has 0 spiro atoms. The summed E-state index contributed by atoms with van der Waals surface area (Å²) in [5.41, 5.74) is 3.60. The summed E-state index contributed by atoms with van der Waals surface area (Å²) in [5.74, 6) is 0.738. The number of amides is 1. The van der Waals surface area contributed by atoms with E-state index in [0.717, 1.165) is 5.56 Å². The molecular formula is C34H28F2N10O4. The van der Waals surface area contributed by atoms with Crippen LogP contribution in [0.5, 0.6) is 0 Å². The standard InChI is InChI=1S/C34H28F2N10O4/c1-20-13-23(15-37)44-46(20)32-25(31(35)36)8-12-30(41-32)45-19-38-27-14-22(7-10-28(27)45)39-29-11-9-26(42-43-29)33-48-17-24(18-49-33)40-34(47)50-16-21-5-3-2-4-6-21/h2-14,19,24,31,33H,16-18H2,1H3,(H,39,43)(H,40,47). The van der Waals surface area contributed by atoms with Crippen molar-refractivity contribution in [1.29, 1.82) is 5.26 Å². The Kier molecular flexibility index (Phi) is 9.06. The van der Waals surface area contributed by atoms with Gasteiger partial charge >= 0.3 is 6.09 Å². The number of nitrogens with zero attached hydrogens (tertiary/aromatic N) is 8. The molecule has 2 aromatic carbocycles. The number of nitriles is 1. The van der Waals surface area contributed by atoms with Crippen LogP contribution in [0.4, 0.5) is 25.1 Å². The maximum atomic E-state index is 13.9. The molecule has 5 heterocycles. The van der Waals surface area contributed by atoms with Gasteiger partial charge in [-0.05, 0) is 61.0 Å². The van der Waals surface area contributed by atoms with Crippen molar-refractivity contribution in [3.63, 3.8) is 0 Å². The number of benzene rings is 2. The molecule has 1 aliphatic heterocycles. The molecule has 50 heavy (non-hydrogen) atoms. The number of hydrogen-bond donors (Lipinski definition) is 2. The zero-order chi connectivity index (χ0) is 34.6. The molecule has 0 saturated carbocycles. The molecule has 0 aliphatic carbocycles. The number of carbonyl (C=O) groups excluding carboxylic acids is 1. The monoisotopic (exact) mass is 678 g/mol. The second-order valence-electron chi connectivity index (χ2n) is 11.3. The number of rotatable bonds is 9. The predicted octanol–water partition coefficient (Wildman–Crippen LogP) is 5.60. The van der Waals surface area contributed by atoms with E-state index < -0.39 is 18.8 Å². The normalized spacial score (nSPS) is 15.9. The van der Waals surface area contributed by atoms with Crippen LogP contribution in [-0.2, 0) is 20.8 Å². The van der Waals surface area contributed by atoms with Gasteiger partial charge < -0.3 is 24.8 Å². The van der Waals surface area contributed by atoms with E-state index in [1.54, 1.807) is 36.0 Å². The van der Waals surface area contributed by atoms with E-state index in [2.05, 4.69) is 35.9 Å². The van der Waals surface area contributed by atoms with Gasteiger partial charge in [-0.2, -0.15) is 10.4 Å². The quantitative estimate of drug-likeness (QED) is 0.195. The molecule has 0 radical (unpaired) electrons. The second kappa shape index (κ2) is 14.0. The molecule has 0 bridgehead atoms. The minimum atomic E-state index is -2.80. The summed E-state index contributed by atoms with van der Waals surface area (Å²) < 4.78 is 47.5. The van der Waals surface area contributed by atoms with Crippen LogP contribution in [0.1, 0.15) is 40.9 Å². The highest BCUT2D eigenvalue weighted by atomic mass is 19.3. The van der Waals surface area contributed by atoms with E-state index in [9.17, 15) is 18.8 Å². The number of anilines is 2. The lowest BCUT2D eigenvalue weighted by Crippen LogP contribution is -2.45. The first kappa shape index (κ1) is 32.2. The maximum absolute atomic E-state index is 13.9. The number of aryl methyl sites for hydroxylation is 1. The Morgan fingerprint density at radius 2 is 1.88 bits per heavy atom. The Bertz CT molecular complexity index is 2180. The molecule has 2 N–H and O–H groups in total. The largest absolute Gasteiger partial charge is 0.445 e. The molecule has 1 aliphatic rings. The predicted molar refractivity (Wildman–Crippen MR) is 174 cm³/mol. The number of hydrogen-bond acceptors (Lipinski definition) is 11. The van der Waals surface area contributed by atoms with Crippen LogP contribution in [0.15, 0.2) is 85.2 Å². The first-order chi connectivity index (χ1) is 24.3. The fourth-order valence-corrected chi connectivity index (χ4v) is 5.31. The number of alkyl carbamates (subject to hydrolysis) is 1. The van der Waals surface area contributed by atoms with Gasteiger partial charge in [0.05, 0.1) is 35.9 Å². The molecule has 1 amide bonds. The first-order valence-electron chi connectivity index (χ1n) is 15.4. The number of fused-ring (bicyclic) bond motifs is 1. The van der Waals surface area contributed by atoms with E-state index >= 15 is 0 Å². The van der Waals surface area contributed by atoms with Crippen molar-refractivity contribution in [1.82, 2.24) is 39.8 Å². The van der Waals surface area contributed by atoms with Gasteiger partial charge in [0, 0.05) is 11.4 Å². The number of carbonyl (C=O) groups is 1. The van der Waals surface area contributed by atoms with Crippen molar-refractivity contribution >= 4 is 28.6 Å². The highest BCUT2D eigenvalue weighted by molar-refractivity contribution is 5.82. The lowest BCUT2D eigenvalue weighted by atomic mass is 10.2. The summed E-state index contributed by atoms with van der Waals surface area (Å²) in [6.45, 7) is 2.24. The molecule has 14 nitrogen and oxygen atoms in total. The smallest absolute Gasteiger partial charge is 0.407 e. The Morgan fingerprint density at radius 3 is 2.60 bits per heavy atom. The third kappa shape index (κ3) is 6.95. The molecule has 0 atom stereocenters. The number of aromatic nitrogens is 7. The number of halogens is 2. The van der Waals surface area contributed by atoms with Crippen molar-refractivity contribution in [2.75, 3.05) is 18.5 Å². The molecule has 1 fully saturated rings. The average Bonchev–Trinajstić information content (AvgIpc) is 3.74. The third-order valence-corrected chi connectivity index (χ3v) is 7.75. The van der Waals surface area contributed by atoms with E-state index in [1.165, 1.54) is 22.9 Å². The number of imidazole rings is 1. The second-order valence-corrected chi connectivity index (χ2v) is 11.3. The maximum Gasteiger partial charge on any atom is 0.407 e. The number of alkyl halides is 2. The first-order valence-corrected chi connectivity index (χ1v) is 15.4. The topological polar surface area (TPSA) is 167 Å². The van der Waals surface area contributed by atoms with Gasteiger partial charge in [0.15, 0.2) is 17.3 Å². The molecule has 4 aromatic heterocycles. The molecule has 0 unspecified atom stereocenters. The summed E-state index contributed by atoms with van der Waals surface area (Å²) in [4.78, 5) is 21.1. The third-order valence-electron chi connectivity index (χ3n) is 7.75. The van der Waals surface area contributed by atoms with Crippen molar-refractivity contribution in [3.05, 3.63) is 113 Å². The lowest BCUT2D eigenvalue weighted by molar-refractivity contribution is -0.195. The van der Waals surface area contributed by atoms with Gasteiger partial charge in [0.25, 0.3) is 6.43 Å². The van der Waals surface area contributed by atoms with Crippen molar-refractivity contribution < 1.29 is 27.8 Å². The van der Waals surface area contributed by atoms with Gasteiger partial charge in [-0.3, -0.25) is 4.57 Å². The minimum Gasteiger partial charge on any atom is -0.445 e. The van der Waals surface area contributed by atoms with Crippen LogP contribution >= 0.6 is 0 Å². The summed E-state index contributed by atoms with van der Waals surface area (Å²) in [6, 6.07) is 24.1. The Balaban J connectivity index is 0.980. The zero-order valence-electron chi connectivity index (χ0n) is 26.4. The summed E-state index contributed by atoms with van der Waals surface area (Å²) in [6.07, 6.45) is -2.56. The van der Waals surface area contributed by atoms with Gasteiger partial charge in [0.1, 0.15) is 30.5 Å². The Morgan fingerprint density at radius 1 is 1.06 bits per heavy atom. The van der Waals surface area contributed by atoms with Crippen molar-refractivity contribution in [3.8, 4) is 17.7 Å². The van der Waals surface area contributed by atoms with E-state index in [1.807, 2.05) is 48.5 Å². The summed E-state index contributed by atoms with van der Waals surface area (Å²) in [5, 5.41) is 27.8. The minimum absolute atomic E-state index is 0.0709. The highest BCUT2D eigenvalue weighted by Crippen LogP contribution is 2.29. The van der Waals surface area contributed by atoms with Gasteiger partial charge in [0.2, 0.25) is 6.29 Å². The number of pyridine rings is 1. The molecule has 16 heteroatoms. The summed E-state index contributed by atoms with van der Waals surface area (Å²) >= 11 is 0. The highest BCUT2D eigenvalue weighted by Gasteiger charge is 2.26. The summed E-state index contributed by atoms with van der Waals surface area (Å²) in [7, 11) is 0. The van der Waals surface area contributed by atoms with Crippen LogP contribution in [0.3, 0.4) is 0 Å². The van der Waals surface area contributed by atoms with Crippen LogP contribution in [0.25, 0.3) is 22.7 Å². The van der Waals surface area contributed by atoms with Crippen LogP contribution in [0, 0.1) is 18.3 Å².